The van der Waals surface area contributed by atoms with E-state index in [1.165, 1.54) is 7.05 Å². The summed E-state index contributed by atoms with van der Waals surface area (Å²) in [6.45, 7) is 1.73. The Kier molecular flexibility index (Phi) is 7.15. The number of hydrogen-bond donors (Lipinski definition) is 0. The van der Waals surface area contributed by atoms with Gasteiger partial charge in [0.25, 0.3) is 0 Å². The highest BCUT2D eigenvalue weighted by Crippen LogP contribution is 1.97. The summed E-state index contributed by atoms with van der Waals surface area (Å²) in [7, 11) is 1.28. The highest BCUT2D eigenvalue weighted by Gasteiger charge is 2.17. The van der Waals surface area contributed by atoms with Crippen LogP contribution in [0.2, 0.25) is 0 Å². The van der Waals surface area contributed by atoms with Gasteiger partial charge >= 0.3 is 6.09 Å². The minimum absolute atomic E-state index is 0.265. The molecule has 5 nitrogen and oxygen atoms in total. The Morgan fingerprint density at radius 1 is 1.53 bits per heavy atom. The number of carbonyl (C=O) groups is 2. The number of thioether (sulfide) groups is 1. The molecule has 0 radical (unpaired) electrons. The van der Waals surface area contributed by atoms with Crippen molar-refractivity contribution in [2.24, 2.45) is 5.16 Å². The van der Waals surface area contributed by atoms with Gasteiger partial charge in [-0.1, -0.05) is 5.16 Å². The first-order chi connectivity index (χ1) is 7.02. The van der Waals surface area contributed by atoms with E-state index in [9.17, 15) is 9.59 Å². The van der Waals surface area contributed by atoms with Gasteiger partial charge in [0.15, 0.2) is 0 Å². The van der Waals surface area contributed by atoms with E-state index >= 15 is 0 Å². The molecule has 0 heterocycles. The van der Waals surface area contributed by atoms with E-state index in [4.69, 9.17) is 11.6 Å². The molecule has 2 amide bonds. The van der Waals surface area contributed by atoms with Crippen LogP contribution in [-0.4, -0.2) is 47.5 Å². The predicted molar refractivity (Wildman–Crippen MR) is 61.5 cm³/mol. The predicted octanol–water partition coefficient (Wildman–Crippen LogP) is 1.56. The molecule has 86 valence electrons. The summed E-state index contributed by atoms with van der Waals surface area (Å²) >= 11 is 6.82. The third-order valence-electron chi connectivity index (χ3n) is 1.40. The standard InChI is InChI=1S/C8H13ClN2O3S/c1-6(5-15-3)10-14-8(13)11(2)7(12)4-9/h4-5H2,1-3H3. The highest BCUT2D eigenvalue weighted by molar-refractivity contribution is 7.99. The molecule has 0 bridgehead atoms. The zero-order valence-corrected chi connectivity index (χ0v) is 10.4. The van der Waals surface area contributed by atoms with Gasteiger partial charge in [-0.2, -0.15) is 11.8 Å². The van der Waals surface area contributed by atoms with Gasteiger partial charge in [0, 0.05) is 12.8 Å². The number of halogens is 1. The van der Waals surface area contributed by atoms with Crippen molar-refractivity contribution in [1.29, 1.82) is 0 Å². The van der Waals surface area contributed by atoms with Crippen LogP contribution in [0.1, 0.15) is 6.92 Å². The van der Waals surface area contributed by atoms with Gasteiger partial charge in [-0.3, -0.25) is 9.63 Å². The number of nitrogens with zero attached hydrogens (tertiary/aromatic N) is 2. The summed E-state index contributed by atoms with van der Waals surface area (Å²) in [6.07, 6.45) is 1.07. The molecule has 0 aliphatic rings. The molecule has 0 aliphatic heterocycles. The molecule has 0 aliphatic carbocycles. The van der Waals surface area contributed by atoms with Crippen LogP contribution in [-0.2, 0) is 9.63 Å². The fourth-order valence-corrected chi connectivity index (χ4v) is 1.25. The molecule has 0 spiro atoms. The molecule has 0 aromatic carbocycles. The molecule has 0 saturated heterocycles. The zero-order chi connectivity index (χ0) is 11.8. The van der Waals surface area contributed by atoms with E-state index in [-0.39, 0.29) is 5.88 Å². The molecule has 0 unspecified atom stereocenters. The lowest BCUT2D eigenvalue weighted by molar-refractivity contribution is -0.125. The maximum Gasteiger partial charge on any atom is 0.442 e. The third-order valence-corrected chi connectivity index (χ3v) is 2.33. The van der Waals surface area contributed by atoms with Crippen LogP contribution in [0.3, 0.4) is 0 Å². The Hall–Kier alpha value is -0.750. The topological polar surface area (TPSA) is 59.0 Å². The van der Waals surface area contributed by atoms with Crippen molar-refractivity contribution >= 4 is 41.1 Å². The summed E-state index contributed by atoms with van der Waals surface area (Å²) in [4.78, 5) is 27.4. The van der Waals surface area contributed by atoms with E-state index in [1.54, 1.807) is 18.7 Å². The van der Waals surface area contributed by atoms with E-state index in [0.717, 1.165) is 4.90 Å². The molecule has 15 heavy (non-hydrogen) atoms. The second-order valence-electron chi connectivity index (χ2n) is 2.70. The number of oxime groups is 1. The summed E-state index contributed by atoms with van der Waals surface area (Å²) in [5, 5.41) is 3.56. The number of imide groups is 1. The molecule has 0 saturated carbocycles. The summed E-state index contributed by atoms with van der Waals surface area (Å²) in [5.74, 6) is -0.126. The van der Waals surface area contributed by atoms with Crippen LogP contribution in [0.4, 0.5) is 4.79 Å². The first-order valence-electron chi connectivity index (χ1n) is 4.08. The smallest absolute Gasteiger partial charge is 0.298 e. The van der Waals surface area contributed by atoms with Crippen LogP contribution in [0.5, 0.6) is 0 Å². The van der Waals surface area contributed by atoms with E-state index in [1.807, 2.05) is 6.26 Å². The molecule has 0 rings (SSSR count). The minimum atomic E-state index is -0.832. The van der Waals surface area contributed by atoms with Crippen LogP contribution in [0, 0.1) is 0 Å². The van der Waals surface area contributed by atoms with Crippen molar-refractivity contribution in [3.63, 3.8) is 0 Å². The van der Waals surface area contributed by atoms with Crippen LogP contribution < -0.4 is 0 Å². The van der Waals surface area contributed by atoms with Gasteiger partial charge < -0.3 is 0 Å². The first kappa shape index (κ1) is 14.2. The lowest BCUT2D eigenvalue weighted by atomic mass is 10.5. The fourth-order valence-electron chi connectivity index (χ4n) is 0.605. The minimum Gasteiger partial charge on any atom is -0.298 e. The molecule has 7 heteroatoms. The third kappa shape index (κ3) is 5.64. The number of amides is 2. The fraction of sp³-hybridized carbons (Fsp3) is 0.625. The maximum atomic E-state index is 11.2. The molecule has 0 fully saturated rings. The Morgan fingerprint density at radius 2 is 2.13 bits per heavy atom. The van der Waals surface area contributed by atoms with Crippen molar-refractivity contribution in [2.75, 3.05) is 24.9 Å². The average molecular weight is 253 g/mol. The van der Waals surface area contributed by atoms with Crippen molar-refractivity contribution in [2.45, 2.75) is 6.92 Å². The van der Waals surface area contributed by atoms with Gasteiger partial charge in [-0.15, -0.1) is 11.6 Å². The Labute approximate surface area is 97.8 Å². The summed E-state index contributed by atoms with van der Waals surface area (Å²) in [6, 6.07) is 0. The first-order valence-corrected chi connectivity index (χ1v) is 6.01. The van der Waals surface area contributed by atoms with Crippen LogP contribution in [0.25, 0.3) is 0 Å². The Balaban J connectivity index is 4.14. The van der Waals surface area contributed by atoms with Crippen molar-refractivity contribution in [1.82, 2.24) is 4.90 Å². The normalized spacial score (nSPS) is 11.1. The lowest BCUT2D eigenvalue weighted by Crippen LogP contribution is -2.33. The average Bonchev–Trinajstić information content (AvgIpc) is 2.24. The Bertz CT molecular complexity index is 271. The molecule has 0 aromatic rings. The Morgan fingerprint density at radius 3 is 2.60 bits per heavy atom. The molecule has 0 atom stereocenters. The van der Waals surface area contributed by atoms with Crippen LogP contribution >= 0.6 is 23.4 Å². The molecular formula is C8H13ClN2O3S. The summed E-state index contributed by atoms with van der Waals surface area (Å²) < 4.78 is 0. The number of alkyl halides is 1. The van der Waals surface area contributed by atoms with Gasteiger partial charge in [-0.05, 0) is 13.2 Å². The largest absolute Gasteiger partial charge is 0.442 e. The number of hydrogen-bond acceptors (Lipinski definition) is 5. The van der Waals surface area contributed by atoms with E-state index < -0.39 is 12.0 Å². The van der Waals surface area contributed by atoms with E-state index in [0.29, 0.717) is 11.5 Å². The number of carbonyl (C=O) groups excluding carboxylic acids is 2. The van der Waals surface area contributed by atoms with Gasteiger partial charge in [0.05, 0.1) is 5.71 Å². The summed E-state index contributed by atoms with van der Waals surface area (Å²) in [5.41, 5.74) is 0.669. The SMILES string of the molecule is CSCC(C)=NOC(=O)N(C)C(=O)CCl. The highest BCUT2D eigenvalue weighted by atomic mass is 35.5. The van der Waals surface area contributed by atoms with Crippen molar-refractivity contribution < 1.29 is 14.4 Å². The number of rotatable bonds is 4. The second-order valence-corrected chi connectivity index (χ2v) is 3.84. The van der Waals surface area contributed by atoms with E-state index in [2.05, 4.69) is 9.99 Å². The van der Waals surface area contributed by atoms with Gasteiger partial charge in [0.2, 0.25) is 5.91 Å². The molecular weight excluding hydrogens is 240 g/mol. The van der Waals surface area contributed by atoms with Gasteiger partial charge in [0.1, 0.15) is 5.88 Å². The lowest BCUT2D eigenvalue weighted by Gasteiger charge is -2.10. The zero-order valence-electron chi connectivity index (χ0n) is 8.82. The van der Waals surface area contributed by atoms with Crippen molar-refractivity contribution in [3.8, 4) is 0 Å². The molecule has 0 N–H and O–H groups in total. The van der Waals surface area contributed by atoms with Crippen molar-refractivity contribution in [3.05, 3.63) is 0 Å². The maximum absolute atomic E-state index is 11.2. The quantitative estimate of drug-likeness (QED) is 0.330. The second kappa shape index (κ2) is 7.53. The van der Waals surface area contributed by atoms with Crippen LogP contribution in [0.15, 0.2) is 5.16 Å². The molecule has 0 aromatic heterocycles. The monoisotopic (exact) mass is 252 g/mol. The van der Waals surface area contributed by atoms with Gasteiger partial charge in [-0.25, -0.2) is 9.69 Å².